The van der Waals surface area contributed by atoms with Crippen molar-refractivity contribution in [2.45, 2.75) is 56.9 Å². The number of anilines is 1. The SMILES string of the molecule is Cc1nc(NC(=O)CCCC[C@@H]2SC[C@@H]3NC(=O)N[C@H]32)sc1C. The van der Waals surface area contributed by atoms with E-state index in [0.29, 0.717) is 16.8 Å². The van der Waals surface area contributed by atoms with Crippen molar-refractivity contribution in [2.24, 2.45) is 0 Å². The molecule has 3 rings (SSSR count). The van der Waals surface area contributed by atoms with Gasteiger partial charge in [0.25, 0.3) is 0 Å². The summed E-state index contributed by atoms with van der Waals surface area (Å²) in [4.78, 5) is 28.7. The number of thiazole rings is 1. The normalized spacial score (nSPS) is 25.8. The molecule has 8 heteroatoms. The van der Waals surface area contributed by atoms with Crippen molar-refractivity contribution in [1.82, 2.24) is 15.6 Å². The Bertz CT molecular complexity index is 585. The maximum absolute atomic E-state index is 11.9. The van der Waals surface area contributed by atoms with Crippen LogP contribution < -0.4 is 16.0 Å². The van der Waals surface area contributed by atoms with Crippen LogP contribution in [0, 0.1) is 13.8 Å². The smallest absolute Gasteiger partial charge is 0.315 e. The molecule has 0 unspecified atom stereocenters. The Morgan fingerprint density at radius 3 is 2.91 bits per heavy atom. The molecule has 1 aromatic heterocycles. The number of fused-ring (bicyclic) bond motifs is 1. The van der Waals surface area contributed by atoms with E-state index in [1.807, 2.05) is 25.6 Å². The molecule has 2 fully saturated rings. The van der Waals surface area contributed by atoms with Gasteiger partial charge >= 0.3 is 6.03 Å². The number of hydrogen-bond acceptors (Lipinski definition) is 5. The minimum atomic E-state index is -0.0429. The van der Waals surface area contributed by atoms with Crippen LogP contribution in [0.3, 0.4) is 0 Å². The fourth-order valence-corrected chi connectivity index (χ4v) is 5.36. The molecule has 0 bridgehead atoms. The summed E-state index contributed by atoms with van der Waals surface area (Å²) in [6, 6.07) is 0.485. The molecule has 0 radical (unpaired) electrons. The van der Waals surface area contributed by atoms with Crippen LogP contribution in [0.2, 0.25) is 0 Å². The monoisotopic (exact) mass is 354 g/mol. The molecule has 0 aliphatic carbocycles. The van der Waals surface area contributed by atoms with Crippen LogP contribution in [0.15, 0.2) is 0 Å². The molecule has 6 nitrogen and oxygen atoms in total. The molecule has 2 aliphatic heterocycles. The molecule has 3 N–H and O–H groups in total. The molecule has 3 atom stereocenters. The lowest BCUT2D eigenvalue weighted by atomic mass is 10.0. The number of urea groups is 1. The van der Waals surface area contributed by atoms with Gasteiger partial charge in [0.15, 0.2) is 5.13 Å². The van der Waals surface area contributed by atoms with E-state index in [-0.39, 0.29) is 24.0 Å². The standard InChI is InChI=1S/C15H22N4O2S2/c1-8-9(2)23-15(16-8)18-12(20)6-4-3-5-11-13-10(7-22-11)17-14(21)19-13/h10-11,13H,3-7H2,1-2H3,(H,16,18,20)(H2,17,19,21)/t10-,11-,13+/m0/s1. The maximum atomic E-state index is 11.9. The van der Waals surface area contributed by atoms with E-state index in [4.69, 9.17) is 0 Å². The topological polar surface area (TPSA) is 83.1 Å². The number of carbonyl (C=O) groups is 2. The van der Waals surface area contributed by atoms with Gasteiger partial charge in [-0.25, -0.2) is 9.78 Å². The van der Waals surface area contributed by atoms with Crippen molar-refractivity contribution >= 4 is 40.2 Å². The van der Waals surface area contributed by atoms with Gasteiger partial charge in [0.1, 0.15) is 0 Å². The molecular formula is C15H22N4O2S2. The number of nitrogens with one attached hydrogen (secondary N) is 3. The second-order valence-corrected chi connectivity index (χ2v) is 8.55. The van der Waals surface area contributed by atoms with E-state index in [1.54, 1.807) is 0 Å². The third-order valence-corrected chi connectivity index (χ3v) is 6.85. The van der Waals surface area contributed by atoms with Crippen LogP contribution in [0.25, 0.3) is 0 Å². The molecule has 3 heterocycles. The first-order valence-corrected chi connectivity index (χ1v) is 9.82. The van der Waals surface area contributed by atoms with Gasteiger partial charge in [-0.05, 0) is 26.7 Å². The first kappa shape index (κ1) is 16.6. The molecule has 23 heavy (non-hydrogen) atoms. The van der Waals surface area contributed by atoms with E-state index < -0.39 is 0 Å². The fourth-order valence-electron chi connectivity index (χ4n) is 2.98. The number of aryl methyl sites for hydroxylation is 2. The summed E-state index contributed by atoms with van der Waals surface area (Å²) in [5.74, 6) is 1.02. The van der Waals surface area contributed by atoms with Crippen molar-refractivity contribution < 1.29 is 9.59 Å². The van der Waals surface area contributed by atoms with E-state index in [9.17, 15) is 9.59 Å². The van der Waals surface area contributed by atoms with Crippen molar-refractivity contribution in [3.63, 3.8) is 0 Å². The summed E-state index contributed by atoms with van der Waals surface area (Å²) in [5, 5.41) is 9.97. The molecule has 2 aliphatic rings. The highest BCUT2D eigenvalue weighted by molar-refractivity contribution is 8.00. The van der Waals surface area contributed by atoms with Gasteiger partial charge in [0, 0.05) is 22.3 Å². The Kier molecular flexibility index (Phi) is 5.11. The van der Waals surface area contributed by atoms with Crippen LogP contribution in [-0.2, 0) is 4.79 Å². The number of thioether (sulfide) groups is 1. The first-order chi connectivity index (χ1) is 11.0. The number of unbranched alkanes of at least 4 members (excludes halogenated alkanes) is 1. The van der Waals surface area contributed by atoms with Gasteiger partial charge in [0.05, 0.1) is 17.8 Å². The molecule has 1 aromatic rings. The highest BCUT2D eigenvalue weighted by Gasteiger charge is 2.42. The molecule has 0 spiro atoms. The Balaban J connectivity index is 1.35. The van der Waals surface area contributed by atoms with Gasteiger partial charge in [-0.2, -0.15) is 11.8 Å². The molecule has 3 amide bonds. The summed E-state index contributed by atoms with van der Waals surface area (Å²) < 4.78 is 0. The molecule has 126 valence electrons. The summed E-state index contributed by atoms with van der Waals surface area (Å²) in [6.45, 7) is 3.95. The van der Waals surface area contributed by atoms with Gasteiger partial charge in [-0.15, -0.1) is 11.3 Å². The van der Waals surface area contributed by atoms with Crippen LogP contribution in [-0.4, -0.2) is 40.0 Å². The predicted molar refractivity (Wildman–Crippen MR) is 94.2 cm³/mol. The third kappa shape index (κ3) is 3.98. The number of carbonyl (C=O) groups excluding carboxylic acids is 2. The second kappa shape index (κ2) is 7.09. The lowest BCUT2D eigenvalue weighted by Gasteiger charge is -2.16. The highest BCUT2D eigenvalue weighted by atomic mass is 32.2. The quantitative estimate of drug-likeness (QED) is 0.541. The fraction of sp³-hybridized carbons (Fsp3) is 0.667. The molecular weight excluding hydrogens is 332 g/mol. The zero-order valence-electron chi connectivity index (χ0n) is 13.3. The predicted octanol–water partition coefficient (Wildman–Crippen LogP) is 2.42. The lowest BCUT2D eigenvalue weighted by Crippen LogP contribution is -2.36. The number of nitrogens with zero attached hydrogens (tertiary/aromatic N) is 1. The molecule has 0 aromatic carbocycles. The largest absolute Gasteiger partial charge is 0.332 e. The zero-order chi connectivity index (χ0) is 16.4. The van der Waals surface area contributed by atoms with E-state index in [0.717, 1.165) is 35.6 Å². The van der Waals surface area contributed by atoms with E-state index >= 15 is 0 Å². The van der Waals surface area contributed by atoms with Gasteiger partial charge in [-0.3, -0.25) is 4.79 Å². The second-order valence-electron chi connectivity index (χ2n) is 6.08. The van der Waals surface area contributed by atoms with Crippen LogP contribution in [0.4, 0.5) is 9.93 Å². The Morgan fingerprint density at radius 2 is 2.17 bits per heavy atom. The van der Waals surface area contributed by atoms with Crippen LogP contribution in [0.5, 0.6) is 0 Å². The number of aromatic nitrogens is 1. The average Bonchev–Trinajstić information content (AvgIpc) is 3.11. The lowest BCUT2D eigenvalue weighted by molar-refractivity contribution is -0.116. The maximum Gasteiger partial charge on any atom is 0.315 e. The van der Waals surface area contributed by atoms with E-state index in [1.165, 1.54) is 11.3 Å². The summed E-state index contributed by atoms with van der Waals surface area (Å²) in [6.07, 6.45) is 3.43. The van der Waals surface area contributed by atoms with Crippen LogP contribution in [0.1, 0.15) is 36.3 Å². The summed E-state index contributed by atoms with van der Waals surface area (Å²) >= 11 is 3.44. The van der Waals surface area contributed by atoms with Gasteiger partial charge in [0.2, 0.25) is 5.91 Å². The zero-order valence-corrected chi connectivity index (χ0v) is 15.0. The van der Waals surface area contributed by atoms with Crippen LogP contribution >= 0.6 is 23.1 Å². The van der Waals surface area contributed by atoms with Gasteiger partial charge in [-0.1, -0.05) is 6.42 Å². The molecule has 2 saturated heterocycles. The Labute approximate surface area is 144 Å². The number of amides is 3. The third-order valence-electron chi connectivity index (χ3n) is 4.36. The van der Waals surface area contributed by atoms with E-state index in [2.05, 4.69) is 20.9 Å². The van der Waals surface area contributed by atoms with Crippen molar-refractivity contribution in [3.05, 3.63) is 10.6 Å². The average molecular weight is 355 g/mol. The van der Waals surface area contributed by atoms with Gasteiger partial charge < -0.3 is 16.0 Å². The highest BCUT2D eigenvalue weighted by Crippen LogP contribution is 2.33. The summed E-state index contributed by atoms with van der Waals surface area (Å²) in [7, 11) is 0. The molecule has 0 saturated carbocycles. The first-order valence-electron chi connectivity index (χ1n) is 7.95. The van der Waals surface area contributed by atoms with Crippen molar-refractivity contribution in [1.29, 1.82) is 0 Å². The number of rotatable bonds is 6. The minimum absolute atomic E-state index is 0.0338. The Hall–Kier alpha value is -1.28. The van der Waals surface area contributed by atoms with Crippen molar-refractivity contribution in [2.75, 3.05) is 11.1 Å². The van der Waals surface area contributed by atoms with Crippen molar-refractivity contribution in [3.8, 4) is 0 Å². The summed E-state index contributed by atoms with van der Waals surface area (Å²) in [5.41, 5.74) is 0.977. The Morgan fingerprint density at radius 1 is 1.35 bits per heavy atom. The number of hydrogen-bond donors (Lipinski definition) is 3. The minimum Gasteiger partial charge on any atom is -0.332 e.